The van der Waals surface area contributed by atoms with E-state index < -0.39 is 5.66 Å². The molecule has 2 heterocycles. The fourth-order valence-corrected chi connectivity index (χ4v) is 4.38. The molecule has 0 aliphatic carbocycles. The molecule has 0 radical (unpaired) electrons. The number of terminal acetylenes is 2. The summed E-state index contributed by atoms with van der Waals surface area (Å²) in [5, 5.41) is 0. The van der Waals surface area contributed by atoms with Gasteiger partial charge in [0.1, 0.15) is 30.4 Å². The lowest BCUT2D eigenvalue weighted by molar-refractivity contribution is -0.117. The summed E-state index contributed by atoms with van der Waals surface area (Å²) in [6.45, 7) is 0.352. The summed E-state index contributed by atoms with van der Waals surface area (Å²) < 4.78 is 10.9. The molecule has 4 rings (SSSR count). The highest BCUT2D eigenvalue weighted by Gasteiger charge is 2.56. The Balaban J connectivity index is 1.66. The third kappa shape index (κ3) is 3.69. The molecule has 1 spiro atoms. The third-order valence-corrected chi connectivity index (χ3v) is 5.64. The molecule has 2 aliphatic heterocycles. The smallest absolute Gasteiger partial charge is 0.229 e. The van der Waals surface area contributed by atoms with Crippen LogP contribution < -0.4 is 19.3 Å². The highest BCUT2D eigenvalue weighted by Crippen LogP contribution is 2.47. The van der Waals surface area contributed by atoms with E-state index in [-0.39, 0.29) is 25.0 Å². The van der Waals surface area contributed by atoms with Crippen molar-refractivity contribution in [1.29, 1.82) is 0 Å². The molecule has 2 aromatic rings. The second kappa shape index (κ2) is 8.45. The van der Waals surface area contributed by atoms with Gasteiger partial charge in [-0.3, -0.25) is 19.4 Å². The van der Waals surface area contributed by atoms with E-state index in [2.05, 4.69) is 11.8 Å². The van der Waals surface area contributed by atoms with Crippen molar-refractivity contribution in [3.05, 3.63) is 48.5 Å². The molecule has 2 amide bonds. The van der Waals surface area contributed by atoms with E-state index in [1.807, 2.05) is 24.3 Å². The Hall–Kier alpha value is -3.90. The van der Waals surface area contributed by atoms with E-state index in [4.69, 9.17) is 22.3 Å². The van der Waals surface area contributed by atoms with Gasteiger partial charge in [-0.25, -0.2) is 0 Å². The molecule has 156 valence electrons. The fourth-order valence-electron chi connectivity index (χ4n) is 4.38. The van der Waals surface area contributed by atoms with Crippen LogP contribution in [0.3, 0.4) is 0 Å². The van der Waals surface area contributed by atoms with E-state index in [9.17, 15) is 9.59 Å². The number of amides is 2. The third-order valence-electron chi connectivity index (χ3n) is 5.64. The van der Waals surface area contributed by atoms with E-state index in [1.165, 1.54) is 0 Å². The van der Waals surface area contributed by atoms with Gasteiger partial charge in [-0.15, -0.1) is 12.8 Å². The number of carbonyl (C=O) groups is 2. The van der Waals surface area contributed by atoms with Gasteiger partial charge in [0.15, 0.2) is 0 Å². The highest BCUT2D eigenvalue weighted by atomic mass is 16.5. The molecular formula is C25H22N2O4. The number of rotatable bonds is 6. The monoisotopic (exact) mass is 414 g/mol. The maximum Gasteiger partial charge on any atom is 0.229 e. The van der Waals surface area contributed by atoms with Gasteiger partial charge < -0.3 is 9.47 Å². The topological polar surface area (TPSA) is 59.1 Å². The van der Waals surface area contributed by atoms with Gasteiger partial charge in [0.05, 0.1) is 0 Å². The first kappa shape index (κ1) is 20.4. The SMILES string of the molecule is C#CCOc1ccc(N2C(=O)CCC23CCC(=O)N3c2ccc(OCC#C)cc2)cc1. The van der Waals surface area contributed by atoms with Crippen LogP contribution in [0.25, 0.3) is 0 Å². The maximum atomic E-state index is 12.9. The Morgan fingerprint density at radius 2 is 1.13 bits per heavy atom. The van der Waals surface area contributed by atoms with Crippen molar-refractivity contribution in [3.63, 3.8) is 0 Å². The lowest BCUT2D eigenvalue weighted by Crippen LogP contribution is -2.56. The highest BCUT2D eigenvalue weighted by molar-refractivity contribution is 6.05. The molecule has 2 aromatic carbocycles. The van der Waals surface area contributed by atoms with Gasteiger partial charge in [0.25, 0.3) is 0 Å². The second-order valence-electron chi connectivity index (χ2n) is 7.41. The quantitative estimate of drug-likeness (QED) is 0.680. The first-order valence-corrected chi connectivity index (χ1v) is 10.1. The minimum atomic E-state index is -0.726. The zero-order valence-corrected chi connectivity index (χ0v) is 17.0. The van der Waals surface area contributed by atoms with Crippen LogP contribution in [-0.2, 0) is 9.59 Å². The zero-order valence-electron chi connectivity index (χ0n) is 17.0. The lowest BCUT2D eigenvalue weighted by atomic mass is 10.0. The summed E-state index contributed by atoms with van der Waals surface area (Å²) in [5.74, 6) is 6.10. The van der Waals surface area contributed by atoms with Crippen molar-refractivity contribution in [2.75, 3.05) is 23.0 Å². The molecule has 0 N–H and O–H groups in total. The van der Waals surface area contributed by atoms with E-state index >= 15 is 0 Å². The van der Waals surface area contributed by atoms with Crippen LogP contribution in [0.5, 0.6) is 11.5 Å². The summed E-state index contributed by atoms with van der Waals surface area (Å²) >= 11 is 0. The van der Waals surface area contributed by atoms with Gasteiger partial charge in [0.2, 0.25) is 11.8 Å². The van der Waals surface area contributed by atoms with Crippen molar-refractivity contribution in [2.45, 2.75) is 31.3 Å². The number of hydrogen-bond donors (Lipinski definition) is 0. The molecule has 0 bridgehead atoms. The summed E-state index contributed by atoms with van der Waals surface area (Å²) in [6, 6.07) is 14.4. The number of anilines is 2. The second-order valence-corrected chi connectivity index (χ2v) is 7.41. The van der Waals surface area contributed by atoms with E-state index in [0.717, 1.165) is 11.4 Å². The van der Waals surface area contributed by atoms with E-state index in [0.29, 0.717) is 37.2 Å². The number of benzene rings is 2. The Bertz CT molecular complexity index is 973. The van der Waals surface area contributed by atoms with Gasteiger partial charge in [0, 0.05) is 24.2 Å². The molecular weight excluding hydrogens is 392 g/mol. The molecule has 6 heteroatoms. The summed E-state index contributed by atoms with van der Waals surface area (Å²) in [5.41, 5.74) is 0.727. The van der Waals surface area contributed by atoms with Crippen LogP contribution in [0, 0.1) is 24.7 Å². The van der Waals surface area contributed by atoms with Crippen molar-refractivity contribution in [2.24, 2.45) is 0 Å². The van der Waals surface area contributed by atoms with Crippen LogP contribution in [0.4, 0.5) is 11.4 Å². The summed E-state index contributed by atoms with van der Waals surface area (Å²) in [7, 11) is 0. The average Bonchev–Trinajstić information content (AvgIpc) is 3.30. The summed E-state index contributed by atoms with van der Waals surface area (Å²) in [4.78, 5) is 29.4. The Kier molecular flexibility index (Phi) is 5.56. The molecule has 2 saturated heterocycles. The predicted octanol–water partition coefficient (Wildman–Crippen LogP) is 3.36. The largest absolute Gasteiger partial charge is 0.481 e. The first-order valence-electron chi connectivity index (χ1n) is 10.1. The standard InChI is InChI=1S/C25H22N2O4/c1-3-17-30-21-9-5-19(6-10-21)26-23(28)13-15-25(26)16-14-24(29)27(25)20-7-11-22(12-8-20)31-18-4-2/h1-2,5-12H,13-18H2. The van der Waals surface area contributed by atoms with Gasteiger partial charge in [-0.05, 0) is 61.4 Å². The van der Waals surface area contributed by atoms with Crippen LogP contribution >= 0.6 is 0 Å². The molecule has 31 heavy (non-hydrogen) atoms. The normalized spacial score (nSPS) is 17.0. The predicted molar refractivity (Wildman–Crippen MR) is 118 cm³/mol. The zero-order chi connectivity index (χ0) is 21.8. The van der Waals surface area contributed by atoms with Crippen molar-refractivity contribution < 1.29 is 19.1 Å². The average molecular weight is 414 g/mol. The molecule has 2 aliphatic rings. The molecule has 2 fully saturated rings. The van der Waals surface area contributed by atoms with Crippen LogP contribution in [0.15, 0.2) is 48.5 Å². The number of carbonyl (C=O) groups excluding carboxylic acids is 2. The Morgan fingerprint density at radius 3 is 1.48 bits per heavy atom. The number of ether oxygens (including phenoxy) is 2. The van der Waals surface area contributed by atoms with Crippen LogP contribution in [-0.4, -0.2) is 30.7 Å². The fraction of sp³-hybridized carbons (Fsp3) is 0.280. The molecule has 0 saturated carbocycles. The number of nitrogens with zero attached hydrogens (tertiary/aromatic N) is 2. The van der Waals surface area contributed by atoms with Gasteiger partial charge >= 0.3 is 0 Å². The lowest BCUT2D eigenvalue weighted by Gasteiger charge is -2.42. The number of hydrogen-bond acceptors (Lipinski definition) is 4. The van der Waals surface area contributed by atoms with Crippen molar-refractivity contribution in [3.8, 4) is 36.2 Å². The Morgan fingerprint density at radius 1 is 0.742 bits per heavy atom. The molecule has 0 unspecified atom stereocenters. The minimum Gasteiger partial charge on any atom is -0.481 e. The van der Waals surface area contributed by atoms with Crippen LogP contribution in [0.1, 0.15) is 25.7 Å². The van der Waals surface area contributed by atoms with Crippen molar-refractivity contribution in [1.82, 2.24) is 0 Å². The van der Waals surface area contributed by atoms with Crippen molar-refractivity contribution >= 4 is 23.2 Å². The minimum absolute atomic E-state index is 0.00836. The van der Waals surface area contributed by atoms with Crippen LogP contribution in [0.2, 0.25) is 0 Å². The Labute approximate surface area is 181 Å². The molecule has 6 nitrogen and oxygen atoms in total. The molecule has 0 atom stereocenters. The first-order chi connectivity index (χ1) is 15.1. The summed E-state index contributed by atoms with van der Waals surface area (Å²) in [6.07, 6.45) is 12.4. The van der Waals surface area contributed by atoms with E-state index in [1.54, 1.807) is 34.1 Å². The van der Waals surface area contributed by atoms with Gasteiger partial charge in [-0.1, -0.05) is 11.8 Å². The molecule has 0 aromatic heterocycles. The van der Waals surface area contributed by atoms with Gasteiger partial charge in [-0.2, -0.15) is 0 Å². The maximum absolute atomic E-state index is 12.9.